The van der Waals surface area contributed by atoms with Crippen LogP contribution in [0.1, 0.15) is 30.4 Å². The molecule has 0 radical (unpaired) electrons. The van der Waals surface area contributed by atoms with Crippen LogP contribution in [0, 0.1) is 5.92 Å². The topological polar surface area (TPSA) is 87.2 Å². The molecule has 26 heavy (non-hydrogen) atoms. The first-order chi connectivity index (χ1) is 12.3. The minimum atomic E-state index is -3.15. The molecule has 1 aromatic carbocycles. The van der Waals surface area contributed by atoms with E-state index in [1.807, 2.05) is 18.2 Å². The fourth-order valence-corrected chi connectivity index (χ4v) is 4.43. The molecule has 1 fully saturated rings. The third-order valence-electron chi connectivity index (χ3n) is 5.30. The highest BCUT2D eigenvalue weighted by atomic mass is 32.2. The monoisotopic (exact) mass is 382 g/mol. The van der Waals surface area contributed by atoms with E-state index >= 15 is 0 Å². The van der Waals surface area contributed by atoms with Gasteiger partial charge in [0.05, 0.1) is 12.9 Å². The van der Waals surface area contributed by atoms with E-state index in [0.29, 0.717) is 45.1 Å². The second-order valence-corrected chi connectivity index (χ2v) is 9.11. The fourth-order valence-electron chi connectivity index (χ4n) is 3.63. The first kappa shape index (κ1) is 19.0. The molecule has 1 saturated heterocycles. The van der Waals surface area contributed by atoms with Crippen LogP contribution in [0.25, 0.3) is 0 Å². The van der Waals surface area contributed by atoms with Crippen molar-refractivity contribution in [2.45, 2.75) is 32.2 Å². The number of carboxylic acid groups (broad SMARTS) is 1. The van der Waals surface area contributed by atoms with Gasteiger partial charge in [0.25, 0.3) is 0 Å². The van der Waals surface area contributed by atoms with Crippen LogP contribution in [0.4, 0.5) is 4.79 Å². The summed E-state index contributed by atoms with van der Waals surface area (Å²) in [6, 6.07) is 5.87. The first-order valence-corrected chi connectivity index (χ1v) is 10.9. The number of rotatable bonds is 5. The van der Waals surface area contributed by atoms with Crippen molar-refractivity contribution in [3.8, 4) is 5.75 Å². The third-order valence-corrected chi connectivity index (χ3v) is 6.55. The van der Waals surface area contributed by atoms with Crippen molar-refractivity contribution in [2.24, 2.45) is 5.92 Å². The van der Waals surface area contributed by atoms with E-state index in [2.05, 4.69) is 0 Å². The van der Waals surface area contributed by atoms with Crippen LogP contribution in [-0.4, -0.2) is 61.3 Å². The van der Waals surface area contributed by atoms with E-state index in [1.165, 1.54) is 15.5 Å². The molecular formula is C18H26N2O5S. The van der Waals surface area contributed by atoms with Crippen LogP contribution < -0.4 is 4.74 Å². The second kappa shape index (κ2) is 7.84. The predicted octanol–water partition coefficient (Wildman–Crippen LogP) is 2.16. The van der Waals surface area contributed by atoms with E-state index < -0.39 is 16.1 Å². The SMILES string of the molecule is CS(=O)(=O)N1CCc2cc(OCCC3CCN(C(=O)O)CC3)ccc2C1. The van der Waals surface area contributed by atoms with Gasteiger partial charge in [0.15, 0.2) is 0 Å². The number of hydrogen-bond acceptors (Lipinski definition) is 4. The lowest BCUT2D eigenvalue weighted by atomic mass is 9.94. The van der Waals surface area contributed by atoms with Gasteiger partial charge < -0.3 is 14.7 Å². The molecule has 144 valence electrons. The minimum Gasteiger partial charge on any atom is -0.494 e. The van der Waals surface area contributed by atoms with Gasteiger partial charge >= 0.3 is 6.09 Å². The second-order valence-electron chi connectivity index (χ2n) is 7.13. The number of amides is 1. The lowest BCUT2D eigenvalue weighted by Gasteiger charge is -2.30. The van der Waals surface area contributed by atoms with Gasteiger partial charge in [0, 0.05) is 26.2 Å². The highest BCUT2D eigenvalue weighted by molar-refractivity contribution is 7.88. The summed E-state index contributed by atoms with van der Waals surface area (Å²) in [5.41, 5.74) is 2.19. The molecule has 2 aliphatic heterocycles. The van der Waals surface area contributed by atoms with Crippen LogP contribution in [0.3, 0.4) is 0 Å². The van der Waals surface area contributed by atoms with Gasteiger partial charge in [-0.2, -0.15) is 4.31 Å². The molecule has 1 N–H and O–H groups in total. The maximum absolute atomic E-state index is 11.7. The van der Waals surface area contributed by atoms with Crippen LogP contribution in [-0.2, 0) is 23.0 Å². The number of fused-ring (bicyclic) bond motifs is 1. The van der Waals surface area contributed by atoms with E-state index in [1.54, 1.807) is 0 Å². The summed E-state index contributed by atoms with van der Waals surface area (Å²) in [6.07, 6.45) is 3.82. The normalized spacial score (nSPS) is 19.2. The van der Waals surface area contributed by atoms with Crippen LogP contribution in [0.15, 0.2) is 18.2 Å². The van der Waals surface area contributed by atoms with E-state index in [0.717, 1.165) is 36.1 Å². The number of ether oxygens (including phenoxy) is 1. The molecule has 1 aromatic rings. The Bertz CT molecular complexity index is 757. The maximum Gasteiger partial charge on any atom is 0.407 e. The summed E-state index contributed by atoms with van der Waals surface area (Å²) in [4.78, 5) is 12.4. The maximum atomic E-state index is 11.7. The summed E-state index contributed by atoms with van der Waals surface area (Å²) in [6.45, 7) is 2.77. The molecule has 2 heterocycles. The molecule has 0 unspecified atom stereocenters. The lowest BCUT2D eigenvalue weighted by Crippen LogP contribution is -2.37. The van der Waals surface area contributed by atoms with Crippen molar-refractivity contribution in [1.29, 1.82) is 0 Å². The number of hydrogen-bond donors (Lipinski definition) is 1. The lowest BCUT2D eigenvalue weighted by molar-refractivity contribution is 0.119. The van der Waals surface area contributed by atoms with Gasteiger partial charge in [0.1, 0.15) is 5.75 Å². The number of piperidine rings is 1. The summed E-state index contributed by atoms with van der Waals surface area (Å²) < 4.78 is 30.7. The Hall–Kier alpha value is -1.80. The highest BCUT2D eigenvalue weighted by Crippen LogP contribution is 2.26. The zero-order chi connectivity index (χ0) is 18.7. The summed E-state index contributed by atoms with van der Waals surface area (Å²) >= 11 is 0. The Balaban J connectivity index is 1.48. The van der Waals surface area contributed by atoms with Crippen LogP contribution in [0.2, 0.25) is 0 Å². The van der Waals surface area contributed by atoms with Gasteiger partial charge in [-0.1, -0.05) is 6.07 Å². The Labute approximate surface area is 154 Å². The third kappa shape index (κ3) is 4.67. The van der Waals surface area contributed by atoms with Gasteiger partial charge in [-0.05, 0) is 54.9 Å². The van der Waals surface area contributed by atoms with Gasteiger partial charge in [0.2, 0.25) is 10.0 Å². The summed E-state index contributed by atoms with van der Waals surface area (Å²) in [5.74, 6) is 1.33. The summed E-state index contributed by atoms with van der Waals surface area (Å²) in [5, 5.41) is 8.97. The molecule has 2 aliphatic rings. The average molecular weight is 382 g/mol. The van der Waals surface area contributed by atoms with Crippen molar-refractivity contribution in [1.82, 2.24) is 9.21 Å². The molecule has 3 rings (SSSR count). The molecule has 0 atom stereocenters. The predicted molar refractivity (Wildman–Crippen MR) is 97.8 cm³/mol. The molecule has 0 saturated carbocycles. The number of likely N-dealkylation sites (tertiary alicyclic amines) is 1. The number of benzene rings is 1. The zero-order valence-electron chi connectivity index (χ0n) is 15.1. The molecule has 0 aromatic heterocycles. The Morgan fingerprint density at radius 2 is 1.96 bits per heavy atom. The van der Waals surface area contributed by atoms with E-state index in [4.69, 9.17) is 9.84 Å². The van der Waals surface area contributed by atoms with Gasteiger partial charge in [-0.3, -0.25) is 0 Å². The van der Waals surface area contributed by atoms with Crippen molar-refractivity contribution in [3.63, 3.8) is 0 Å². The summed E-state index contributed by atoms with van der Waals surface area (Å²) in [7, 11) is -3.15. The largest absolute Gasteiger partial charge is 0.494 e. The van der Waals surface area contributed by atoms with Crippen molar-refractivity contribution in [3.05, 3.63) is 29.3 Å². The smallest absolute Gasteiger partial charge is 0.407 e. The van der Waals surface area contributed by atoms with Gasteiger partial charge in [-0.25, -0.2) is 13.2 Å². The van der Waals surface area contributed by atoms with Crippen LogP contribution in [0.5, 0.6) is 5.75 Å². The van der Waals surface area contributed by atoms with Gasteiger partial charge in [-0.15, -0.1) is 0 Å². The number of sulfonamides is 1. The molecule has 0 aliphatic carbocycles. The Morgan fingerprint density at radius 1 is 1.23 bits per heavy atom. The van der Waals surface area contributed by atoms with Crippen LogP contribution >= 0.6 is 0 Å². The number of carbonyl (C=O) groups is 1. The molecular weight excluding hydrogens is 356 g/mol. The molecule has 7 nitrogen and oxygen atoms in total. The Morgan fingerprint density at radius 3 is 2.62 bits per heavy atom. The molecule has 1 amide bonds. The quantitative estimate of drug-likeness (QED) is 0.843. The van der Waals surface area contributed by atoms with Crippen molar-refractivity contribution < 1.29 is 23.1 Å². The number of nitrogens with zero attached hydrogens (tertiary/aromatic N) is 2. The molecule has 0 bridgehead atoms. The fraction of sp³-hybridized carbons (Fsp3) is 0.611. The average Bonchev–Trinajstić information content (AvgIpc) is 2.61. The Kier molecular flexibility index (Phi) is 5.72. The minimum absolute atomic E-state index is 0.427. The highest BCUT2D eigenvalue weighted by Gasteiger charge is 2.24. The standard InChI is InChI=1S/C18H26N2O5S/c1-26(23,24)20-10-6-15-12-17(3-2-16(15)13-20)25-11-7-14-4-8-19(9-5-14)18(21)22/h2-3,12,14H,4-11,13H2,1H3,(H,21,22). The zero-order valence-corrected chi connectivity index (χ0v) is 15.9. The van der Waals surface area contributed by atoms with E-state index in [-0.39, 0.29) is 0 Å². The van der Waals surface area contributed by atoms with Crippen molar-refractivity contribution >= 4 is 16.1 Å². The first-order valence-electron chi connectivity index (χ1n) is 9.00. The van der Waals surface area contributed by atoms with Crippen molar-refractivity contribution in [2.75, 3.05) is 32.5 Å². The molecule has 8 heteroatoms. The van der Waals surface area contributed by atoms with E-state index in [9.17, 15) is 13.2 Å². The molecule has 0 spiro atoms.